The minimum atomic E-state index is -1.10. The van der Waals surface area contributed by atoms with Crippen molar-refractivity contribution < 1.29 is 19.7 Å². The lowest BCUT2D eigenvalue weighted by Crippen LogP contribution is -2.22. The molecule has 0 saturated carbocycles. The lowest BCUT2D eigenvalue weighted by molar-refractivity contribution is 0.0465. The molecule has 0 bridgehead atoms. The zero-order valence-corrected chi connectivity index (χ0v) is 13.1. The molecule has 24 heavy (non-hydrogen) atoms. The highest BCUT2D eigenvalue weighted by molar-refractivity contribution is 6.11. The molecule has 0 heterocycles. The van der Waals surface area contributed by atoms with Gasteiger partial charge in [0.15, 0.2) is 0 Å². The standard InChI is InChI=1S/C20H17FO3/c1-10-17-12-5-3-2-4-11(12)8-15(21)19(17)14(9-22)13-6-7-16(23)20(24)18(10)13/h2-8,16,20,22-24H,9H2,1H3/t16-,20+/m0/s1. The highest BCUT2D eigenvalue weighted by Crippen LogP contribution is 2.42. The molecular formula is C20H17FO3. The normalized spacial score (nSPS) is 19.9. The van der Waals surface area contributed by atoms with Crippen LogP contribution < -0.4 is 0 Å². The van der Waals surface area contributed by atoms with E-state index in [-0.39, 0.29) is 6.61 Å². The molecule has 0 radical (unpaired) electrons. The van der Waals surface area contributed by atoms with E-state index >= 15 is 0 Å². The summed E-state index contributed by atoms with van der Waals surface area (Å²) in [6, 6.07) is 8.93. The van der Waals surface area contributed by atoms with Crippen LogP contribution in [0.25, 0.3) is 27.6 Å². The Labute approximate surface area is 138 Å². The van der Waals surface area contributed by atoms with E-state index < -0.39 is 18.0 Å². The molecule has 0 unspecified atom stereocenters. The van der Waals surface area contributed by atoms with E-state index in [1.165, 1.54) is 12.1 Å². The summed E-state index contributed by atoms with van der Waals surface area (Å²) in [5.74, 6) is -0.396. The Morgan fingerprint density at radius 1 is 1.12 bits per heavy atom. The van der Waals surface area contributed by atoms with Crippen LogP contribution in [0.15, 0.2) is 36.4 Å². The number of aliphatic hydroxyl groups is 3. The topological polar surface area (TPSA) is 60.7 Å². The largest absolute Gasteiger partial charge is 0.392 e. The van der Waals surface area contributed by atoms with Crippen LogP contribution in [0.4, 0.5) is 4.39 Å². The first-order valence-electron chi connectivity index (χ1n) is 7.86. The van der Waals surface area contributed by atoms with Crippen LogP contribution in [0, 0.1) is 12.7 Å². The van der Waals surface area contributed by atoms with Gasteiger partial charge in [-0.3, -0.25) is 0 Å². The van der Waals surface area contributed by atoms with Crippen LogP contribution in [-0.4, -0.2) is 21.4 Å². The summed E-state index contributed by atoms with van der Waals surface area (Å²) in [5, 5.41) is 33.0. The first-order valence-corrected chi connectivity index (χ1v) is 7.86. The van der Waals surface area contributed by atoms with Crippen molar-refractivity contribution in [2.75, 3.05) is 0 Å². The third kappa shape index (κ3) is 1.94. The monoisotopic (exact) mass is 324 g/mol. The summed E-state index contributed by atoms with van der Waals surface area (Å²) < 4.78 is 14.8. The van der Waals surface area contributed by atoms with Crippen LogP contribution >= 0.6 is 0 Å². The lowest BCUT2D eigenvalue weighted by Gasteiger charge is -2.28. The summed E-state index contributed by atoms with van der Waals surface area (Å²) in [4.78, 5) is 0. The van der Waals surface area contributed by atoms with E-state index in [1.54, 1.807) is 6.08 Å². The maximum Gasteiger partial charge on any atom is 0.132 e. The summed E-state index contributed by atoms with van der Waals surface area (Å²) in [6.07, 6.45) is 1.01. The summed E-state index contributed by atoms with van der Waals surface area (Å²) in [7, 11) is 0. The van der Waals surface area contributed by atoms with Crippen LogP contribution in [0.3, 0.4) is 0 Å². The molecule has 122 valence electrons. The van der Waals surface area contributed by atoms with Crippen molar-refractivity contribution in [3.63, 3.8) is 0 Å². The molecule has 4 rings (SSSR count). The van der Waals surface area contributed by atoms with E-state index in [2.05, 4.69) is 0 Å². The van der Waals surface area contributed by atoms with Gasteiger partial charge in [-0.05, 0) is 51.4 Å². The second-order valence-electron chi connectivity index (χ2n) is 6.21. The van der Waals surface area contributed by atoms with Gasteiger partial charge in [-0.1, -0.05) is 36.4 Å². The molecule has 0 aromatic heterocycles. The highest BCUT2D eigenvalue weighted by Gasteiger charge is 2.29. The zero-order valence-electron chi connectivity index (χ0n) is 13.1. The highest BCUT2D eigenvalue weighted by atomic mass is 19.1. The minimum absolute atomic E-state index is 0.346. The number of hydrogen-bond acceptors (Lipinski definition) is 3. The number of benzene rings is 3. The van der Waals surface area contributed by atoms with Gasteiger partial charge in [-0.2, -0.15) is 0 Å². The third-order valence-electron chi connectivity index (χ3n) is 4.93. The van der Waals surface area contributed by atoms with Gasteiger partial charge in [0, 0.05) is 5.39 Å². The molecule has 3 nitrogen and oxygen atoms in total. The quantitative estimate of drug-likeness (QED) is 0.602. The fourth-order valence-electron chi connectivity index (χ4n) is 3.84. The first-order chi connectivity index (χ1) is 11.5. The molecule has 3 aromatic carbocycles. The number of fused-ring (bicyclic) bond motifs is 4. The second-order valence-corrected chi connectivity index (χ2v) is 6.21. The van der Waals surface area contributed by atoms with Crippen molar-refractivity contribution in [3.05, 3.63) is 64.5 Å². The number of halogens is 1. The smallest absolute Gasteiger partial charge is 0.132 e. The molecule has 0 saturated heterocycles. The van der Waals surface area contributed by atoms with Gasteiger partial charge in [0.05, 0.1) is 6.61 Å². The van der Waals surface area contributed by atoms with E-state index in [1.807, 2.05) is 31.2 Å². The fourth-order valence-corrected chi connectivity index (χ4v) is 3.84. The maximum absolute atomic E-state index is 14.8. The van der Waals surface area contributed by atoms with Gasteiger partial charge in [-0.15, -0.1) is 0 Å². The van der Waals surface area contributed by atoms with Gasteiger partial charge < -0.3 is 15.3 Å². The van der Waals surface area contributed by atoms with Crippen molar-refractivity contribution in [2.45, 2.75) is 25.7 Å². The Hall–Kier alpha value is -2.27. The van der Waals surface area contributed by atoms with Crippen LogP contribution in [0.5, 0.6) is 0 Å². The lowest BCUT2D eigenvalue weighted by atomic mass is 9.81. The van der Waals surface area contributed by atoms with Crippen molar-refractivity contribution in [2.24, 2.45) is 0 Å². The molecule has 2 atom stereocenters. The molecule has 3 aromatic rings. The predicted octanol–water partition coefficient (Wildman–Crippen LogP) is 3.35. The van der Waals surface area contributed by atoms with E-state index in [4.69, 9.17) is 0 Å². The van der Waals surface area contributed by atoms with Crippen molar-refractivity contribution >= 4 is 27.6 Å². The number of aliphatic hydroxyl groups excluding tert-OH is 3. The number of hydrogen-bond donors (Lipinski definition) is 3. The predicted molar refractivity (Wildman–Crippen MR) is 92.1 cm³/mol. The fraction of sp³-hybridized carbons (Fsp3) is 0.200. The molecule has 0 aliphatic heterocycles. The summed E-state index contributed by atoms with van der Waals surface area (Å²) >= 11 is 0. The van der Waals surface area contributed by atoms with Gasteiger partial charge in [0.2, 0.25) is 0 Å². The Morgan fingerprint density at radius 3 is 2.62 bits per heavy atom. The number of aryl methyl sites for hydroxylation is 1. The van der Waals surface area contributed by atoms with Gasteiger partial charge in [-0.25, -0.2) is 4.39 Å². The molecule has 0 amide bonds. The minimum Gasteiger partial charge on any atom is -0.392 e. The SMILES string of the molecule is Cc1c2c(c(CO)c3c(F)cc4ccccc4c13)C=C[C@H](O)[C@H]2O. The van der Waals surface area contributed by atoms with Crippen LogP contribution in [-0.2, 0) is 6.61 Å². The molecular weight excluding hydrogens is 307 g/mol. The van der Waals surface area contributed by atoms with E-state index in [0.29, 0.717) is 27.5 Å². The van der Waals surface area contributed by atoms with E-state index in [9.17, 15) is 19.7 Å². The Morgan fingerprint density at radius 2 is 1.88 bits per heavy atom. The van der Waals surface area contributed by atoms with Crippen molar-refractivity contribution in [1.29, 1.82) is 0 Å². The van der Waals surface area contributed by atoms with Crippen molar-refractivity contribution in [3.8, 4) is 0 Å². The molecule has 4 heteroatoms. The molecule has 1 aliphatic carbocycles. The van der Waals surface area contributed by atoms with Crippen LogP contribution in [0.1, 0.15) is 28.4 Å². The second kappa shape index (κ2) is 5.38. The summed E-state index contributed by atoms with van der Waals surface area (Å²) in [6.45, 7) is 1.48. The van der Waals surface area contributed by atoms with Gasteiger partial charge >= 0.3 is 0 Å². The molecule has 0 fully saturated rings. The zero-order chi connectivity index (χ0) is 17.0. The molecule has 1 aliphatic rings. The maximum atomic E-state index is 14.8. The molecule has 3 N–H and O–H groups in total. The van der Waals surface area contributed by atoms with Crippen molar-refractivity contribution in [1.82, 2.24) is 0 Å². The van der Waals surface area contributed by atoms with Gasteiger partial charge in [0.1, 0.15) is 18.0 Å². The Kier molecular flexibility index (Phi) is 3.42. The summed E-state index contributed by atoms with van der Waals surface area (Å²) in [5.41, 5.74) is 2.31. The average molecular weight is 324 g/mol. The Bertz CT molecular complexity index is 1010. The number of rotatable bonds is 1. The first kappa shape index (κ1) is 15.3. The van der Waals surface area contributed by atoms with E-state index in [0.717, 1.165) is 16.3 Å². The molecule has 0 spiro atoms. The third-order valence-corrected chi connectivity index (χ3v) is 4.93. The average Bonchev–Trinajstić information content (AvgIpc) is 2.58. The van der Waals surface area contributed by atoms with Crippen LogP contribution in [0.2, 0.25) is 0 Å². The van der Waals surface area contributed by atoms with Gasteiger partial charge in [0.25, 0.3) is 0 Å². The Balaban J connectivity index is 2.29.